The van der Waals surface area contributed by atoms with E-state index in [4.69, 9.17) is 11.6 Å². The van der Waals surface area contributed by atoms with Crippen molar-refractivity contribution in [2.24, 2.45) is 0 Å². The van der Waals surface area contributed by atoms with E-state index >= 15 is 0 Å². The molecule has 1 atom stereocenters. The van der Waals surface area contributed by atoms with Gasteiger partial charge in [0, 0.05) is 36.3 Å². The predicted octanol–water partition coefficient (Wildman–Crippen LogP) is 2.77. The van der Waals surface area contributed by atoms with Crippen molar-refractivity contribution >= 4 is 23.4 Å². The molecule has 27 heavy (non-hydrogen) atoms. The van der Waals surface area contributed by atoms with Crippen LogP contribution in [0, 0.1) is 6.92 Å². The number of amides is 2. The fourth-order valence-electron chi connectivity index (χ4n) is 3.19. The Balaban J connectivity index is 1.40. The summed E-state index contributed by atoms with van der Waals surface area (Å²) in [6, 6.07) is 15.2. The quantitative estimate of drug-likeness (QED) is 0.803. The summed E-state index contributed by atoms with van der Waals surface area (Å²) >= 11 is 5.92. The molecule has 3 rings (SSSR count). The largest absolute Gasteiger partial charge is 0.350 e. The van der Waals surface area contributed by atoms with Crippen LogP contribution in [0.1, 0.15) is 27.9 Å². The zero-order chi connectivity index (χ0) is 19.2. The van der Waals surface area contributed by atoms with Crippen molar-refractivity contribution in [2.75, 3.05) is 19.6 Å². The highest BCUT2D eigenvalue weighted by Crippen LogP contribution is 2.15. The number of carbonyl (C=O) groups excluding carboxylic acids is 2. The highest BCUT2D eigenvalue weighted by Gasteiger charge is 2.23. The lowest BCUT2D eigenvalue weighted by Gasteiger charge is -2.17. The smallest absolute Gasteiger partial charge is 0.251 e. The molecule has 1 aliphatic heterocycles. The molecule has 2 amide bonds. The van der Waals surface area contributed by atoms with Crippen molar-refractivity contribution in [2.45, 2.75) is 25.9 Å². The highest BCUT2D eigenvalue weighted by molar-refractivity contribution is 6.30. The van der Waals surface area contributed by atoms with Gasteiger partial charge in [-0.15, -0.1) is 0 Å². The summed E-state index contributed by atoms with van der Waals surface area (Å²) in [5.41, 5.74) is 2.86. The number of aryl methyl sites for hydroxylation is 1. The van der Waals surface area contributed by atoms with Gasteiger partial charge in [0.1, 0.15) is 0 Å². The first-order valence-electron chi connectivity index (χ1n) is 9.10. The SMILES string of the molecule is Cc1ccc(C(=O)NCC(=O)N[C@@H]2CCN(Cc3ccc(Cl)cc3)C2)cc1. The molecule has 5 nitrogen and oxygen atoms in total. The number of benzene rings is 2. The van der Waals surface area contributed by atoms with Crippen LogP contribution in [0.25, 0.3) is 0 Å². The molecular weight excluding hydrogens is 362 g/mol. The van der Waals surface area contributed by atoms with Gasteiger partial charge in [0.05, 0.1) is 6.54 Å². The maximum Gasteiger partial charge on any atom is 0.251 e. The maximum atomic E-state index is 12.1. The fourth-order valence-corrected chi connectivity index (χ4v) is 3.31. The lowest BCUT2D eigenvalue weighted by atomic mass is 10.1. The van der Waals surface area contributed by atoms with E-state index in [1.807, 2.05) is 43.3 Å². The number of carbonyl (C=O) groups is 2. The van der Waals surface area contributed by atoms with Crippen LogP contribution < -0.4 is 10.6 Å². The number of nitrogens with one attached hydrogen (secondary N) is 2. The lowest BCUT2D eigenvalue weighted by Crippen LogP contribution is -2.43. The van der Waals surface area contributed by atoms with Gasteiger partial charge in [0.25, 0.3) is 5.91 Å². The summed E-state index contributed by atoms with van der Waals surface area (Å²) in [5, 5.41) is 6.41. The Morgan fingerprint density at radius 2 is 1.81 bits per heavy atom. The minimum absolute atomic E-state index is 0.0135. The molecule has 0 unspecified atom stereocenters. The molecule has 2 aromatic rings. The molecule has 1 heterocycles. The Bertz CT molecular complexity index is 790. The van der Waals surface area contributed by atoms with E-state index in [0.29, 0.717) is 5.56 Å². The van der Waals surface area contributed by atoms with Crippen LogP contribution in [-0.2, 0) is 11.3 Å². The summed E-state index contributed by atoms with van der Waals surface area (Å²) < 4.78 is 0. The minimum atomic E-state index is -0.235. The molecule has 2 aromatic carbocycles. The van der Waals surface area contributed by atoms with Crippen molar-refractivity contribution in [1.82, 2.24) is 15.5 Å². The number of likely N-dealkylation sites (tertiary alicyclic amines) is 1. The van der Waals surface area contributed by atoms with Crippen LogP contribution in [0.15, 0.2) is 48.5 Å². The number of hydrogen-bond donors (Lipinski definition) is 2. The topological polar surface area (TPSA) is 61.4 Å². The second-order valence-corrected chi connectivity index (χ2v) is 7.40. The fraction of sp³-hybridized carbons (Fsp3) is 0.333. The molecule has 0 radical (unpaired) electrons. The van der Waals surface area contributed by atoms with Gasteiger partial charge in [-0.3, -0.25) is 14.5 Å². The van der Waals surface area contributed by atoms with Gasteiger partial charge in [-0.05, 0) is 43.2 Å². The molecule has 1 aliphatic rings. The Hall–Kier alpha value is -2.37. The summed E-state index contributed by atoms with van der Waals surface area (Å²) in [6.45, 7) is 4.53. The number of nitrogens with zero attached hydrogens (tertiary/aromatic N) is 1. The van der Waals surface area contributed by atoms with Crippen molar-refractivity contribution in [3.05, 3.63) is 70.2 Å². The van der Waals surface area contributed by atoms with E-state index in [1.165, 1.54) is 5.56 Å². The van der Waals surface area contributed by atoms with Gasteiger partial charge >= 0.3 is 0 Å². The van der Waals surface area contributed by atoms with Crippen LogP contribution in [0.5, 0.6) is 0 Å². The highest BCUT2D eigenvalue weighted by atomic mass is 35.5. The maximum absolute atomic E-state index is 12.1. The van der Waals surface area contributed by atoms with Gasteiger partial charge in [0.15, 0.2) is 0 Å². The van der Waals surface area contributed by atoms with E-state index in [2.05, 4.69) is 15.5 Å². The molecule has 1 fully saturated rings. The lowest BCUT2D eigenvalue weighted by molar-refractivity contribution is -0.120. The average molecular weight is 386 g/mol. The van der Waals surface area contributed by atoms with Gasteiger partial charge in [-0.2, -0.15) is 0 Å². The van der Waals surface area contributed by atoms with Gasteiger partial charge < -0.3 is 10.6 Å². The van der Waals surface area contributed by atoms with Crippen molar-refractivity contribution in [3.8, 4) is 0 Å². The number of hydrogen-bond acceptors (Lipinski definition) is 3. The number of halogens is 1. The molecule has 0 saturated carbocycles. The molecule has 0 aliphatic carbocycles. The Morgan fingerprint density at radius 3 is 2.52 bits per heavy atom. The van der Waals surface area contributed by atoms with Crippen LogP contribution in [0.3, 0.4) is 0 Å². The van der Waals surface area contributed by atoms with Crippen molar-refractivity contribution in [1.29, 1.82) is 0 Å². The average Bonchev–Trinajstić information content (AvgIpc) is 3.09. The second-order valence-electron chi connectivity index (χ2n) is 6.96. The molecule has 0 bridgehead atoms. The third-order valence-corrected chi connectivity index (χ3v) is 4.93. The number of rotatable bonds is 6. The predicted molar refractivity (Wildman–Crippen MR) is 107 cm³/mol. The summed E-state index contributed by atoms with van der Waals surface area (Å²) in [6.07, 6.45) is 0.908. The van der Waals surface area contributed by atoms with E-state index in [9.17, 15) is 9.59 Å². The molecule has 6 heteroatoms. The Kier molecular flexibility index (Phi) is 6.48. The van der Waals surface area contributed by atoms with E-state index in [0.717, 1.165) is 36.6 Å². The van der Waals surface area contributed by atoms with Gasteiger partial charge in [-0.1, -0.05) is 41.4 Å². The van der Waals surface area contributed by atoms with Crippen LogP contribution in [-0.4, -0.2) is 42.4 Å². The van der Waals surface area contributed by atoms with Gasteiger partial charge in [-0.25, -0.2) is 0 Å². The summed E-state index contributed by atoms with van der Waals surface area (Å²) in [7, 11) is 0. The molecule has 1 saturated heterocycles. The molecule has 2 N–H and O–H groups in total. The molecule has 0 spiro atoms. The van der Waals surface area contributed by atoms with Crippen LogP contribution in [0.4, 0.5) is 0 Å². The normalized spacial score (nSPS) is 16.9. The first-order chi connectivity index (χ1) is 13.0. The van der Waals surface area contributed by atoms with Crippen LogP contribution in [0.2, 0.25) is 5.02 Å². The van der Waals surface area contributed by atoms with E-state index < -0.39 is 0 Å². The molecule has 142 valence electrons. The molecule has 0 aromatic heterocycles. The minimum Gasteiger partial charge on any atom is -0.350 e. The van der Waals surface area contributed by atoms with Crippen molar-refractivity contribution in [3.63, 3.8) is 0 Å². The summed E-state index contributed by atoms with van der Waals surface area (Å²) in [5.74, 6) is -0.394. The van der Waals surface area contributed by atoms with E-state index in [-0.39, 0.29) is 24.4 Å². The van der Waals surface area contributed by atoms with E-state index in [1.54, 1.807) is 12.1 Å². The molecular formula is C21H24ClN3O2. The Morgan fingerprint density at radius 1 is 1.11 bits per heavy atom. The standard InChI is InChI=1S/C21H24ClN3O2/c1-15-2-6-17(7-3-15)21(27)23-12-20(26)24-19-10-11-25(14-19)13-16-4-8-18(22)9-5-16/h2-9,19H,10-14H2,1H3,(H,23,27)(H,24,26)/t19-/m1/s1. The zero-order valence-electron chi connectivity index (χ0n) is 15.4. The van der Waals surface area contributed by atoms with Crippen molar-refractivity contribution < 1.29 is 9.59 Å². The second kappa shape index (κ2) is 9.02. The van der Waals surface area contributed by atoms with Crippen LogP contribution >= 0.6 is 11.6 Å². The summed E-state index contributed by atoms with van der Waals surface area (Å²) in [4.78, 5) is 26.5. The Labute approximate surface area is 164 Å². The van der Waals surface area contributed by atoms with Gasteiger partial charge in [0.2, 0.25) is 5.91 Å². The monoisotopic (exact) mass is 385 g/mol. The third kappa shape index (κ3) is 5.81. The first kappa shape index (κ1) is 19.4. The first-order valence-corrected chi connectivity index (χ1v) is 9.48. The third-order valence-electron chi connectivity index (χ3n) is 4.68. The zero-order valence-corrected chi connectivity index (χ0v) is 16.1.